The predicted molar refractivity (Wildman–Crippen MR) is 101 cm³/mol. The van der Waals surface area contributed by atoms with Crippen LogP contribution in [0.3, 0.4) is 0 Å². The Bertz CT molecular complexity index is 644. The van der Waals surface area contributed by atoms with E-state index < -0.39 is 0 Å². The summed E-state index contributed by atoms with van der Waals surface area (Å²) in [4.78, 5) is 17.6. The highest BCUT2D eigenvalue weighted by molar-refractivity contribution is 5.94. The highest BCUT2D eigenvalue weighted by Crippen LogP contribution is 2.37. The Morgan fingerprint density at radius 2 is 2.15 bits per heavy atom. The van der Waals surface area contributed by atoms with Crippen molar-refractivity contribution in [3.63, 3.8) is 0 Å². The molecule has 26 heavy (non-hydrogen) atoms. The van der Waals surface area contributed by atoms with Crippen LogP contribution in [0.5, 0.6) is 5.75 Å². The SMILES string of the molecule is CCOc1cccc(C(=O)N2CC[C@]3(C[C@@H](N4CCCC4)CCO3)C2)c1. The van der Waals surface area contributed by atoms with E-state index in [9.17, 15) is 4.79 Å². The number of benzene rings is 1. The molecule has 3 heterocycles. The number of likely N-dealkylation sites (tertiary alicyclic amines) is 2. The highest BCUT2D eigenvalue weighted by atomic mass is 16.5. The zero-order chi connectivity index (χ0) is 18.0. The van der Waals surface area contributed by atoms with Crippen LogP contribution in [-0.2, 0) is 4.74 Å². The molecule has 4 rings (SSSR count). The number of amides is 1. The number of hydrogen-bond donors (Lipinski definition) is 0. The van der Waals surface area contributed by atoms with Crippen LogP contribution < -0.4 is 4.74 Å². The molecule has 1 spiro atoms. The lowest BCUT2D eigenvalue weighted by Gasteiger charge is -2.41. The van der Waals surface area contributed by atoms with Gasteiger partial charge in [-0.2, -0.15) is 0 Å². The van der Waals surface area contributed by atoms with Crippen LogP contribution in [0.4, 0.5) is 0 Å². The Hall–Kier alpha value is -1.59. The Balaban J connectivity index is 1.42. The maximum absolute atomic E-state index is 13.0. The molecule has 0 aromatic heterocycles. The topological polar surface area (TPSA) is 42.0 Å². The normalized spacial score (nSPS) is 29.4. The van der Waals surface area contributed by atoms with Gasteiger partial charge in [0.1, 0.15) is 5.75 Å². The van der Waals surface area contributed by atoms with Gasteiger partial charge in [-0.05, 0) is 70.3 Å². The van der Waals surface area contributed by atoms with Crippen molar-refractivity contribution in [2.75, 3.05) is 39.4 Å². The van der Waals surface area contributed by atoms with Crippen molar-refractivity contribution in [1.82, 2.24) is 9.80 Å². The van der Waals surface area contributed by atoms with Crippen LogP contribution in [0.2, 0.25) is 0 Å². The van der Waals surface area contributed by atoms with Crippen LogP contribution >= 0.6 is 0 Å². The molecule has 3 aliphatic heterocycles. The molecule has 0 saturated carbocycles. The third-order valence-corrected chi connectivity index (χ3v) is 6.12. The molecule has 2 atom stereocenters. The van der Waals surface area contributed by atoms with Gasteiger partial charge < -0.3 is 19.3 Å². The summed E-state index contributed by atoms with van der Waals surface area (Å²) in [5, 5.41) is 0. The van der Waals surface area contributed by atoms with Gasteiger partial charge in [-0.15, -0.1) is 0 Å². The fourth-order valence-corrected chi connectivity index (χ4v) is 4.79. The summed E-state index contributed by atoms with van der Waals surface area (Å²) in [7, 11) is 0. The van der Waals surface area contributed by atoms with Crippen LogP contribution in [0.15, 0.2) is 24.3 Å². The van der Waals surface area contributed by atoms with Crippen molar-refractivity contribution in [1.29, 1.82) is 0 Å². The first kappa shape index (κ1) is 17.8. The third-order valence-electron chi connectivity index (χ3n) is 6.12. The molecule has 0 N–H and O–H groups in total. The minimum absolute atomic E-state index is 0.0929. The Morgan fingerprint density at radius 1 is 1.31 bits per heavy atom. The summed E-state index contributed by atoms with van der Waals surface area (Å²) in [5.74, 6) is 0.852. The molecule has 1 amide bonds. The molecule has 0 aliphatic carbocycles. The quantitative estimate of drug-likeness (QED) is 0.830. The van der Waals surface area contributed by atoms with Crippen LogP contribution in [0, 0.1) is 0 Å². The Morgan fingerprint density at radius 3 is 2.96 bits per heavy atom. The Kier molecular flexibility index (Phi) is 5.18. The third kappa shape index (κ3) is 3.60. The summed E-state index contributed by atoms with van der Waals surface area (Å²) < 4.78 is 11.8. The van der Waals surface area contributed by atoms with Crippen molar-refractivity contribution in [3.05, 3.63) is 29.8 Å². The van der Waals surface area contributed by atoms with Crippen LogP contribution in [-0.4, -0.2) is 66.7 Å². The minimum atomic E-state index is -0.140. The van der Waals surface area contributed by atoms with E-state index >= 15 is 0 Å². The zero-order valence-electron chi connectivity index (χ0n) is 15.8. The first-order valence-electron chi connectivity index (χ1n) is 10.1. The van der Waals surface area contributed by atoms with Gasteiger partial charge in [0.2, 0.25) is 0 Å². The van der Waals surface area contributed by atoms with E-state index in [0.717, 1.165) is 44.7 Å². The molecule has 142 valence electrons. The van der Waals surface area contributed by atoms with Crippen LogP contribution in [0.25, 0.3) is 0 Å². The van der Waals surface area contributed by atoms with E-state index in [4.69, 9.17) is 9.47 Å². The number of nitrogens with zero attached hydrogens (tertiary/aromatic N) is 2. The van der Waals surface area contributed by atoms with E-state index in [1.807, 2.05) is 36.1 Å². The second-order valence-corrected chi connectivity index (χ2v) is 7.86. The van der Waals surface area contributed by atoms with Crippen molar-refractivity contribution < 1.29 is 14.3 Å². The molecular formula is C21H30N2O3. The molecule has 1 aromatic rings. The lowest BCUT2D eigenvalue weighted by molar-refractivity contribution is -0.0946. The van der Waals surface area contributed by atoms with Gasteiger partial charge in [-0.3, -0.25) is 4.79 Å². The van der Waals surface area contributed by atoms with E-state index in [1.54, 1.807) is 0 Å². The summed E-state index contributed by atoms with van der Waals surface area (Å²) in [6, 6.07) is 8.15. The van der Waals surface area contributed by atoms with Gasteiger partial charge in [0, 0.05) is 24.8 Å². The fourth-order valence-electron chi connectivity index (χ4n) is 4.79. The maximum Gasteiger partial charge on any atom is 0.254 e. The van der Waals surface area contributed by atoms with Crippen LogP contribution in [0.1, 0.15) is 49.4 Å². The van der Waals surface area contributed by atoms with E-state index in [0.29, 0.717) is 18.2 Å². The smallest absolute Gasteiger partial charge is 0.254 e. The molecular weight excluding hydrogens is 328 g/mol. The molecule has 3 saturated heterocycles. The summed E-state index contributed by atoms with van der Waals surface area (Å²) >= 11 is 0. The van der Waals surface area contributed by atoms with Crippen molar-refractivity contribution >= 4 is 5.91 Å². The first-order valence-corrected chi connectivity index (χ1v) is 10.1. The molecule has 5 nitrogen and oxygen atoms in total. The molecule has 3 aliphatic rings. The first-order chi connectivity index (χ1) is 12.7. The van der Waals surface area contributed by atoms with E-state index in [2.05, 4.69) is 4.90 Å². The summed E-state index contributed by atoms with van der Waals surface area (Å²) in [5.41, 5.74) is 0.568. The highest BCUT2D eigenvalue weighted by Gasteiger charge is 2.46. The molecule has 1 aromatic carbocycles. The molecule has 0 radical (unpaired) electrons. The number of carbonyl (C=O) groups excluding carboxylic acids is 1. The van der Waals surface area contributed by atoms with Gasteiger partial charge in [0.25, 0.3) is 5.91 Å². The average Bonchev–Trinajstić information content (AvgIpc) is 3.33. The maximum atomic E-state index is 13.0. The second-order valence-electron chi connectivity index (χ2n) is 7.86. The van der Waals surface area contributed by atoms with Crippen molar-refractivity contribution in [3.8, 4) is 5.75 Å². The lowest BCUT2D eigenvalue weighted by atomic mass is 9.89. The predicted octanol–water partition coefficient (Wildman–Crippen LogP) is 2.94. The molecule has 0 unspecified atom stereocenters. The minimum Gasteiger partial charge on any atom is -0.494 e. The summed E-state index contributed by atoms with van der Waals surface area (Å²) in [6.07, 6.45) is 5.80. The molecule has 3 fully saturated rings. The van der Waals surface area contributed by atoms with E-state index in [-0.39, 0.29) is 11.5 Å². The Labute approximate surface area is 156 Å². The molecule has 0 bridgehead atoms. The number of hydrogen-bond acceptors (Lipinski definition) is 4. The number of ether oxygens (including phenoxy) is 2. The fraction of sp³-hybridized carbons (Fsp3) is 0.667. The number of carbonyl (C=O) groups is 1. The van der Waals surface area contributed by atoms with Crippen molar-refractivity contribution in [2.24, 2.45) is 0 Å². The monoisotopic (exact) mass is 358 g/mol. The van der Waals surface area contributed by atoms with Gasteiger partial charge in [-0.25, -0.2) is 0 Å². The van der Waals surface area contributed by atoms with Gasteiger partial charge >= 0.3 is 0 Å². The van der Waals surface area contributed by atoms with E-state index in [1.165, 1.54) is 25.9 Å². The number of rotatable bonds is 4. The van der Waals surface area contributed by atoms with Crippen molar-refractivity contribution in [2.45, 2.75) is 50.7 Å². The average molecular weight is 358 g/mol. The molecule has 5 heteroatoms. The largest absolute Gasteiger partial charge is 0.494 e. The summed E-state index contributed by atoms with van der Waals surface area (Å²) in [6.45, 7) is 7.34. The van der Waals surface area contributed by atoms with Gasteiger partial charge in [0.15, 0.2) is 0 Å². The standard InChI is InChI=1S/C21H30N2O3/c1-2-25-19-7-5-6-17(14-19)20(24)23-12-9-21(16-23)15-18(8-13-26-21)22-10-3-4-11-22/h5-7,14,18H,2-4,8-13,15-16H2,1H3/t18-,21-/m0/s1. The lowest BCUT2D eigenvalue weighted by Crippen LogP contribution is -2.49. The van der Waals surface area contributed by atoms with Gasteiger partial charge in [-0.1, -0.05) is 6.07 Å². The van der Waals surface area contributed by atoms with Gasteiger partial charge in [0.05, 0.1) is 18.8 Å². The zero-order valence-corrected chi connectivity index (χ0v) is 15.8. The second kappa shape index (κ2) is 7.57.